The Kier molecular flexibility index (Phi) is 7.90. The lowest BCUT2D eigenvalue weighted by molar-refractivity contribution is -0.134. The minimum absolute atomic E-state index is 0.371. The van der Waals surface area contributed by atoms with Gasteiger partial charge in [-0.2, -0.15) is 0 Å². The van der Waals surface area contributed by atoms with Gasteiger partial charge in [-0.05, 0) is 82.8 Å². The largest absolute Gasteiger partial charge is 0.493 e. The van der Waals surface area contributed by atoms with Crippen LogP contribution in [0, 0.1) is 9.49 Å². The fraction of sp³-hybridized carbons (Fsp3) is 0.276. The Labute approximate surface area is 240 Å². The lowest BCUT2D eigenvalue weighted by Crippen LogP contribution is -2.50. The second kappa shape index (κ2) is 11.3. The fourth-order valence-electron chi connectivity index (χ4n) is 4.54. The normalized spacial score (nSPS) is 18.6. The molecule has 0 aromatic heterocycles. The Morgan fingerprint density at radius 2 is 1.82 bits per heavy atom. The molecule has 38 heavy (non-hydrogen) atoms. The monoisotopic (exact) mass is 643 g/mol. The van der Waals surface area contributed by atoms with Crippen LogP contribution in [0.15, 0.2) is 72.8 Å². The van der Waals surface area contributed by atoms with E-state index in [0.717, 1.165) is 19.8 Å². The van der Waals surface area contributed by atoms with Crippen molar-refractivity contribution in [2.45, 2.75) is 37.8 Å². The predicted octanol–water partition coefficient (Wildman–Crippen LogP) is 6.14. The van der Waals surface area contributed by atoms with E-state index in [9.17, 15) is 14.4 Å². The Hall–Kier alpha value is -3.11. The molecule has 0 radical (unpaired) electrons. The van der Waals surface area contributed by atoms with Crippen LogP contribution in [0.4, 0.5) is 10.5 Å². The zero-order chi connectivity index (χ0) is 26.8. The summed E-state index contributed by atoms with van der Waals surface area (Å²) >= 11 is 8.49. The lowest BCUT2D eigenvalue weighted by Gasteiger charge is -2.30. The summed E-state index contributed by atoms with van der Waals surface area (Å²) in [5, 5.41) is 5.97. The van der Waals surface area contributed by atoms with Gasteiger partial charge in [0.15, 0.2) is 0 Å². The molecule has 1 heterocycles. The number of carbonyl (C=O) groups is 3. The number of hydrogen-bond donors (Lipinski definition) is 2. The zero-order valence-electron chi connectivity index (χ0n) is 20.7. The van der Waals surface area contributed by atoms with Crippen LogP contribution in [0.1, 0.15) is 42.9 Å². The second-order valence-electron chi connectivity index (χ2n) is 9.67. The van der Waals surface area contributed by atoms with Gasteiger partial charge < -0.3 is 15.4 Å². The number of nitrogens with zero attached hydrogens (tertiary/aromatic N) is 1. The SMILES string of the molecule is C[C@@H](c1ccccc1)[C@@H](C(=O)Nc1ccc(I)cc1Cl)N1C(=O)N[C@H](c2ccc(OCC3CC3)cc2)C1=O. The first kappa shape index (κ1) is 26.5. The Bertz CT molecular complexity index is 1350. The summed E-state index contributed by atoms with van der Waals surface area (Å²) in [5.74, 6) is -0.122. The van der Waals surface area contributed by atoms with E-state index in [1.807, 2.05) is 43.3 Å². The maximum Gasteiger partial charge on any atom is 0.325 e. The predicted molar refractivity (Wildman–Crippen MR) is 154 cm³/mol. The van der Waals surface area contributed by atoms with Crippen LogP contribution in [-0.4, -0.2) is 35.4 Å². The summed E-state index contributed by atoms with van der Waals surface area (Å²) in [7, 11) is 0. The number of urea groups is 1. The van der Waals surface area contributed by atoms with Gasteiger partial charge in [-0.1, -0.05) is 61.0 Å². The molecule has 9 heteroatoms. The quantitative estimate of drug-likeness (QED) is 0.217. The molecule has 3 aromatic rings. The Morgan fingerprint density at radius 3 is 2.47 bits per heavy atom. The van der Waals surface area contributed by atoms with E-state index >= 15 is 0 Å². The van der Waals surface area contributed by atoms with Gasteiger partial charge in [0, 0.05) is 9.49 Å². The first-order valence-electron chi connectivity index (χ1n) is 12.5. The second-order valence-corrected chi connectivity index (χ2v) is 11.3. The van der Waals surface area contributed by atoms with E-state index < -0.39 is 35.8 Å². The van der Waals surface area contributed by atoms with E-state index in [2.05, 4.69) is 33.2 Å². The van der Waals surface area contributed by atoms with Crippen LogP contribution in [0.5, 0.6) is 5.75 Å². The zero-order valence-corrected chi connectivity index (χ0v) is 23.6. The standard InChI is InChI=1S/C29H27ClIN3O4/c1-17(19-5-3-2-4-6-19)26(27(35)32-24-14-11-21(31)15-23(24)30)34-28(36)25(33-29(34)37)20-9-12-22(13-10-20)38-16-18-7-8-18/h2-6,9-15,17-18,25-26H,7-8,16H2,1H3,(H,32,35)(H,33,37)/t17-,25+,26-/m0/s1. The molecule has 2 N–H and O–H groups in total. The molecular weight excluding hydrogens is 617 g/mol. The molecule has 196 valence electrons. The molecule has 5 rings (SSSR count). The van der Waals surface area contributed by atoms with Crippen LogP contribution in [0.3, 0.4) is 0 Å². The van der Waals surface area contributed by atoms with Gasteiger partial charge in [-0.15, -0.1) is 0 Å². The van der Waals surface area contributed by atoms with Crippen molar-refractivity contribution in [3.8, 4) is 5.75 Å². The van der Waals surface area contributed by atoms with E-state index in [0.29, 0.717) is 28.8 Å². The average Bonchev–Trinajstić information content (AvgIpc) is 3.70. The van der Waals surface area contributed by atoms with Crippen LogP contribution in [0.2, 0.25) is 5.02 Å². The van der Waals surface area contributed by atoms with Crippen molar-refractivity contribution >= 4 is 57.7 Å². The lowest BCUT2D eigenvalue weighted by atomic mass is 9.91. The van der Waals surface area contributed by atoms with Crippen LogP contribution < -0.4 is 15.4 Å². The van der Waals surface area contributed by atoms with Crippen LogP contribution >= 0.6 is 34.2 Å². The molecule has 0 spiro atoms. The van der Waals surface area contributed by atoms with Crippen molar-refractivity contribution in [3.05, 3.63) is 92.5 Å². The molecule has 0 bridgehead atoms. The summed E-state index contributed by atoms with van der Waals surface area (Å²) in [5.41, 5.74) is 1.85. The third-order valence-corrected chi connectivity index (χ3v) is 7.89. The summed E-state index contributed by atoms with van der Waals surface area (Å²) < 4.78 is 6.71. The Morgan fingerprint density at radius 1 is 1.11 bits per heavy atom. The summed E-state index contributed by atoms with van der Waals surface area (Å²) in [6, 6.07) is 19.1. The molecular formula is C29H27ClIN3O4. The molecule has 1 aliphatic carbocycles. The molecule has 1 saturated heterocycles. The van der Waals surface area contributed by atoms with Crippen molar-refractivity contribution in [3.63, 3.8) is 0 Å². The van der Waals surface area contributed by atoms with E-state index in [1.54, 1.807) is 36.4 Å². The van der Waals surface area contributed by atoms with Gasteiger partial charge in [0.1, 0.15) is 17.8 Å². The molecule has 2 aliphatic rings. The highest BCUT2D eigenvalue weighted by Crippen LogP contribution is 2.33. The van der Waals surface area contributed by atoms with Gasteiger partial charge in [-0.3, -0.25) is 9.59 Å². The minimum Gasteiger partial charge on any atom is -0.493 e. The third-order valence-electron chi connectivity index (χ3n) is 6.90. The molecule has 0 unspecified atom stereocenters. The van der Waals surface area contributed by atoms with Gasteiger partial charge in [0.25, 0.3) is 5.91 Å². The number of anilines is 1. The van der Waals surface area contributed by atoms with E-state index in [1.165, 1.54) is 12.8 Å². The highest BCUT2D eigenvalue weighted by Gasteiger charge is 2.47. The minimum atomic E-state index is -1.11. The maximum atomic E-state index is 13.7. The average molecular weight is 644 g/mol. The molecule has 3 atom stereocenters. The topological polar surface area (TPSA) is 87.7 Å². The van der Waals surface area contributed by atoms with E-state index in [4.69, 9.17) is 16.3 Å². The number of rotatable bonds is 9. The number of benzene rings is 3. The number of nitrogens with one attached hydrogen (secondary N) is 2. The number of ether oxygens (including phenoxy) is 1. The molecule has 1 saturated carbocycles. The van der Waals surface area contributed by atoms with Crippen LogP contribution in [-0.2, 0) is 9.59 Å². The van der Waals surface area contributed by atoms with Crippen molar-refractivity contribution in [2.75, 3.05) is 11.9 Å². The first-order valence-corrected chi connectivity index (χ1v) is 13.9. The highest BCUT2D eigenvalue weighted by atomic mass is 127. The number of amides is 4. The van der Waals surface area contributed by atoms with Gasteiger partial charge >= 0.3 is 6.03 Å². The van der Waals surface area contributed by atoms with Gasteiger partial charge in [0.2, 0.25) is 5.91 Å². The maximum absolute atomic E-state index is 13.7. The molecule has 2 fully saturated rings. The van der Waals surface area contributed by atoms with Gasteiger partial charge in [0.05, 0.1) is 17.3 Å². The van der Waals surface area contributed by atoms with Crippen LogP contribution in [0.25, 0.3) is 0 Å². The van der Waals surface area contributed by atoms with Gasteiger partial charge in [-0.25, -0.2) is 9.69 Å². The number of hydrogen-bond acceptors (Lipinski definition) is 4. The fourth-order valence-corrected chi connectivity index (χ4v) is 5.45. The Balaban J connectivity index is 1.41. The third kappa shape index (κ3) is 5.81. The molecule has 3 aromatic carbocycles. The number of halogens is 2. The molecule has 4 amide bonds. The summed E-state index contributed by atoms with van der Waals surface area (Å²) in [6.07, 6.45) is 2.39. The molecule has 7 nitrogen and oxygen atoms in total. The van der Waals surface area contributed by atoms with Crippen molar-refractivity contribution in [1.29, 1.82) is 0 Å². The number of carbonyl (C=O) groups excluding carboxylic acids is 3. The first-order chi connectivity index (χ1) is 18.3. The van der Waals surface area contributed by atoms with Crippen molar-refractivity contribution in [2.24, 2.45) is 5.92 Å². The number of imide groups is 1. The molecule has 1 aliphatic heterocycles. The summed E-state index contributed by atoms with van der Waals surface area (Å²) in [6.45, 7) is 2.51. The van der Waals surface area contributed by atoms with Crippen molar-refractivity contribution < 1.29 is 19.1 Å². The van der Waals surface area contributed by atoms with E-state index in [-0.39, 0.29) is 0 Å². The van der Waals surface area contributed by atoms with Crippen molar-refractivity contribution in [1.82, 2.24) is 10.2 Å². The summed E-state index contributed by atoms with van der Waals surface area (Å²) in [4.78, 5) is 41.6. The highest BCUT2D eigenvalue weighted by molar-refractivity contribution is 14.1. The smallest absolute Gasteiger partial charge is 0.325 e.